The molecule has 34 heavy (non-hydrogen) atoms. The van der Waals surface area contributed by atoms with Gasteiger partial charge in [-0.25, -0.2) is 8.91 Å². The van der Waals surface area contributed by atoms with Gasteiger partial charge < -0.3 is 10.1 Å². The fourth-order valence-electron chi connectivity index (χ4n) is 4.46. The number of nitrogens with zero attached hydrogens (tertiary/aromatic N) is 6. The van der Waals surface area contributed by atoms with Crippen LogP contribution in [-0.4, -0.2) is 68.4 Å². The number of hydrogen-bond acceptors (Lipinski definition) is 7. The van der Waals surface area contributed by atoms with Crippen molar-refractivity contribution >= 4 is 22.5 Å². The van der Waals surface area contributed by atoms with Gasteiger partial charge in [-0.15, -0.1) is 5.10 Å². The molecule has 0 bridgehead atoms. The van der Waals surface area contributed by atoms with Crippen molar-refractivity contribution in [2.45, 2.75) is 32.0 Å². The highest BCUT2D eigenvalue weighted by atomic mass is 19.1. The molecule has 0 amide bonds. The second kappa shape index (κ2) is 9.34. The van der Waals surface area contributed by atoms with E-state index in [9.17, 15) is 4.39 Å². The predicted molar refractivity (Wildman–Crippen MR) is 131 cm³/mol. The van der Waals surface area contributed by atoms with Gasteiger partial charge in [-0.1, -0.05) is 12.6 Å². The van der Waals surface area contributed by atoms with Crippen LogP contribution in [0.4, 0.5) is 10.3 Å². The third-order valence-electron chi connectivity index (χ3n) is 6.24. The molecule has 2 atom stereocenters. The minimum Gasteiger partial charge on any atom is -0.479 e. The summed E-state index contributed by atoms with van der Waals surface area (Å²) in [5.74, 6) is 0.968. The summed E-state index contributed by atoms with van der Waals surface area (Å²) in [6.07, 6.45) is 6.21. The molecule has 1 aromatic carbocycles. The molecule has 5 rings (SSSR count). The van der Waals surface area contributed by atoms with Crippen molar-refractivity contribution in [3.63, 3.8) is 0 Å². The Morgan fingerprint density at radius 2 is 2.09 bits per heavy atom. The summed E-state index contributed by atoms with van der Waals surface area (Å²) < 4.78 is 21.6. The summed E-state index contributed by atoms with van der Waals surface area (Å²) in [5.41, 5.74) is 4.95. The Morgan fingerprint density at radius 3 is 2.88 bits per heavy atom. The van der Waals surface area contributed by atoms with Crippen LogP contribution < -0.4 is 10.1 Å². The van der Waals surface area contributed by atoms with Crippen LogP contribution in [0.1, 0.15) is 19.8 Å². The lowest BCUT2D eigenvalue weighted by atomic mass is 10.0. The Bertz CT molecular complexity index is 1340. The molecule has 9 heteroatoms. The first-order valence-electron chi connectivity index (χ1n) is 11.4. The largest absolute Gasteiger partial charge is 0.479 e. The molecule has 1 aliphatic heterocycles. The van der Waals surface area contributed by atoms with Crippen molar-refractivity contribution in [3.05, 3.63) is 55.0 Å². The molecule has 0 radical (unpaired) electrons. The first-order chi connectivity index (χ1) is 16.5. The maximum Gasteiger partial charge on any atom is 0.244 e. The topological polar surface area (TPSA) is 80.5 Å². The van der Waals surface area contributed by atoms with Gasteiger partial charge in [-0.05, 0) is 55.6 Å². The van der Waals surface area contributed by atoms with Crippen LogP contribution in [0.5, 0.6) is 5.88 Å². The molecule has 0 spiro atoms. The lowest BCUT2D eigenvalue weighted by molar-refractivity contribution is 0.173. The number of alkyl halides is 1. The number of fused-ring (bicyclic) bond motifs is 2. The Hall–Kier alpha value is -3.59. The maximum atomic E-state index is 14.2. The molecule has 8 nitrogen and oxygen atoms in total. The number of halogens is 1. The van der Waals surface area contributed by atoms with E-state index in [4.69, 9.17) is 4.74 Å². The molecule has 1 saturated heterocycles. The van der Waals surface area contributed by atoms with Crippen LogP contribution in [0.3, 0.4) is 0 Å². The summed E-state index contributed by atoms with van der Waals surface area (Å²) in [4.78, 5) is 15.5. The first-order valence-corrected chi connectivity index (χ1v) is 11.4. The van der Waals surface area contributed by atoms with Gasteiger partial charge in [-0.3, -0.25) is 14.9 Å². The molecular weight excluding hydrogens is 433 g/mol. The molecule has 1 N–H and O–H groups in total. The van der Waals surface area contributed by atoms with Crippen molar-refractivity contribution in [3.8, 4) is 17.0 Å². The highest BCUT2D eigenvalue weighted by molar-refractivity contribution is 5.89. The van der Waals surface area contributed by atoms with E-state index in [-0.39, 0.29) is 6.04 Å². The van der Waals surface area contributed by atoms with Crippen LogP contribution in [0.25, 0.3) is 27.7 Å². The van der Waals surface area contributed by atoms with Gasteiger partial charge in [-0.2, -0.15) is 4.98 Å². The van der Waals surface area contributed by atoms with Gasteiger partial charge in [0, 0.05) is 43.3 Å². The van der Waals surface area contributed by atoms with Crippen LogP contribution in [0.2, 0.25) is 0 Å². The Balaban J connectivity index is 1.40. The number of anilines is 1. The number of methoxy groups -OCH3 is 1. The van der Waals surface area contributed by atoms with Gasteiger partial charge >= 0.3 is 0 Å². The number of aromatic nitrogens is 5. The minimum absolute atomic E-state index is 0.127. The molecule has 3 aromatic heterocycles. The summed E-state index contributed by atoms with van der Waals surface area (Å²) in [5, 5.41) is 8.11. The number of rotatable bonds is 7. The Kier molecular flexibility index (Phi) is 6.10. The van der Waals surface area contributed by atoms with E-state index in [0.29, 0.717) is 23.9 Å². The first kappa shape index (κ1) is 22.2. The molecule has 4 heterocycles. The lowest BCUT2D eigenvalue weighted by Crippen LogP contribution is -2.44. The maximum absolute atomic E-state index is 14.2. The number of hydrogen-bond donors (Lipinski definition) is 1. The van der Waals surface area contributed by atoms with Gasteiger partial charge in [0.2, 0.25) is 11.8 Å². The number of piperidine rings is 1. The summed E-state index contributed by atoms with van der Waals surface area (Å²) in [6, 6.07) is 8.09. The normalized spacial score (nSPS) is 17.7. The smallest absolute Gasteiger partial charge is 0.244 e. The molecule has 0 aliphatic carbocycles. The van der Waals surface area contributed by atoms with Crippen LogP contribution in [-0.2, 0) is 0 Å². The van der Waals surface area contributed by atoms with Crippen molar-refractivity contribution in [1.82, 2.24) is 29.5 Å². The lowest BCUT2D eigenvalue weighted by Gasteiger charge is -2.33. The summed E-state index contributed by atoms with van der Waals surface area (Å²) >= 11 is 0. The Morgan fingerprint density at radius 1 is 1.26 bits per heavy atom. The zero-order valence-corrected chi connectivity index (χ0v) is 19.4. The fourth-order valence-corrected chi connectivity index (χ4v) is 4.46. The van der Waals surface area contributed by atoms with Crippen molar-refractivity contribution in [2.24, 2.45) is 0 Å². The zero-order chi connectivity index (χ0) is 23.7. The highest BCUT2D eigenvalue weighted by Crippen LogP contribution is 2.32. The number of benzene rings is 1. The van der Waals surface area contributed by atoms with Crippen molar-refractivity contribution in [1.29, 1.82) is 0 Å². The van der Waals surface area contributed by atoms with Gasteiger partial charge in [0.05, 0.1) is 18.1 Å². The van der Waals surface area contributed by atoms with E-state index in [1.165, 1.54) is 0 Å². The third-order valence-corrected chi connectivity index (χ3v) is 6.24. The number of likely N-dealkylation sites (tertiary alicyclic amines) is 1. The van der Waals surface area contributed by atoms with Crippen molar-refractivity contribution < 1.29 is 9.13 Å². The standard InChI is InChI=1S/C25H28FN7O/c1-16(2)20(26)15-32-11-4-5-18(14-32)29-25-30-24(34-3)23-19(8-12-33(23)31-25)17-6-7-21-22(13-17)28-10-9-27-21/h6-10,12-13,18,20H,1,4-5,11,14-15H2,2-3H3,(H,29,31)/t18-,20?/m0/s1. The van der Waals surface area contributed by atoms with E-state index >= 15 is 0 Å². The van der Waals surface area contributed by atoms with Gasteiger partial charge in [0.15, 0.2) is 0 Å². The monoisotopic (exact) mass is 461 g/mol. The summed E-state index contributed by atoms with van der Waals surface area (Å²) in [7, 11) is 1.61. The molecule has 1 aliphatic rings. The molecular formula is C25H28FN7O. The highest BCUT2D eigenvalue weighted by Gasteiger charge is 2.24. The molecule has 176 valence electrons. The quantitative estimate of drug-likeness (QED) is 0.414. The summed E-state index contributed by atoms with van der Waals surface area (Å²) in [6.45, 7) is 7.44. The second-order valence-electron chi connectivity index (χ2n) is 8.78. The van der Waals surface area contributed by atoms with E-state index in [1.54, 1.807) is 30.9 Å². The molecule has 1 unspecified atom stereocenters. The second-order valence-corrected chi connectivity index (χ2v) is 8.78. The van der Waals surface area contributed by atoms with E-state index in [0.717, 1.165) is 53.6 Å². The van der Waals surface area contributed by atoms with E-state index in [1.807, 2.05) is 30.5 Å². The average molecular weight is 462 g/mol. The SMILES string of the molecule is C=C(C)C(F)CN1CCC[C@H](Nc2nc(OC)c3c(-c4ccc5nccnc5c4)ccn3n2)C1. The third kappa shape index (κ3) is 4.43. The Labute approximate surface area is 197 Å². The van der Waals surface area contributed by atoms with Crippen LogP contribution >= 0.6 is 0 Å². The fraction of sp³-hybridized carbons (Fsp3) is 0.360. The average Bonchev–Trinajstić information content (AvgIpc) is 3.27. The van der Waals surface area contributed by atoms with Crippen LogP contribution in [0, 0.1) is 0 Å². The van der Waals surface area contributed by atoms with E-state index < -0.39 is 6.17 Å². The van der Waals surface area contributed by atoms with E-state index in [2.05, 4.69) is 36.8 Å². The van der Waals surface area contributed by atoms with Gasteiger partial charge in [0.25, 0.3) is 0 Å². The predicted octanol–water partition coefficient (Wildman–Crippen LogP) is 4.14. The molecule has 0 saturated carbocycles. The molecule has 1 fully saturated rings. The van der Waals surface area contributed by atoms with Crippen LogP contribution in [0.15, 0.2) is 55.0 Å². The molecule has 4 aromatic rings. The number of nitrogens with one attached hydrogen (secondary N) is 1. The number of ether oxygens (including phenoxy) is 1. The van der Waals surface area contributed by atoms with Crippen molar-refractivity contribution in [2.75, 3.05) is 32.1 Å². The minimum atomic E-state index is -1.01. The van der Waals surface area contributed by atoms with Gasteiger partial charge in [0.1, 0.15) is 11.7 Å². The zero-order valence-electron chi connectivity index (χ0n) is 19.4.